The zero-order valence-electron chi connectivity index (χ0n) is 17.4. The van der Waals surface area contributed by atoms with Crippen molar-refractivity contribution < 1.29 is 14.6 Å². The maximum Gasteiger partial charge on any atom is 0.252 e. The lowest BCUT2D eigenvalue weighted by molar-refractivity contribution is -0.226. The highest BCUT2D eigenvalue weighted by Gasteiger charge is 2.69. The summed E-state index contributed by atoms with van der Waals surface area (Å²) in [5.41, 5.74) is 1.85. The van der Waals surface area contributed by atoms with E-state index in [2.05, 4.69) is 48.9 Å². The molecule has 2 aliphatic heterocycles. The van der Waals surface area contributed by atoms with Crippen molar-refractivity contribution >= 4 is 33.4 Å². The molecule has 0 aromatic heterocycles. The molecule has 1 aromatic rings. The Labute approximate surface area is 185 Å². The van der Waals surface area contributed by atoms with Gasteiger partial charge in [0, 0.05) is 50.8 Å². The molecule has 1 spiro atoms. The van der Waals surface area contributed by atoms with Gasteiger partial charge in [0.2, 0.25) is 0 Å². The molecule has 2 fully saturated rings. The maximum atomic E-state index is 12.3. The minimum atomic E-state index is -0.487. The van der Waals surface area contributed by atoms with Crippen molar-refractivity contribution in [2.45, 2.75) is 76.5 Å². The summed E-state index contributed by atoms with van der Waals surface area (Å²) in [5, 5.41) is 14.6. The van der Waals surface area contributed by atoms with Gasteiger partial charge in [0.15, 0.2) is 0 Å². The van der Waals surface area contributed by atoms with Crippen LogP contribution in [0.3, 0.4) is 0 Å². The van der Waals surface area contributed by atoms with Crippen molar-refractivity contribution in [3.05, 3.63) is 27.8 Å². The minimum absolute atomic E-state index is 0.0293. The number of benzene rings is 1. The number of hydrogen-bond donors (Lipinski definition) is 2. The molecule has 5 rings (SSSR count). The van der Waals surface area contributed by atoms with E-state index in [-0.39, 0.29) is 21.6 Å². The molecular weight excluding hydrogens is 454 g/mol. The van der Waals surface area contributed by atoms with Crippen LogP contribution in [0.4, 0.5) is 0 Å². The van der Waals surface area contributed by atoms with Gasteiger partial charge in [-0.3, -0.25) is 4.79 Å². The number of aliphatic hydroxyl groups is 1. The van der Waals surface area contributed by atoms with Crippen molar-refractivity contribution in [2.24, 2.45) is 22.7 Å². The maximum absolute atomic E-state index is 12.3. The third-order valence-electron chi connectivity index (χ3n) is 8.90. The highest BCUT2D eigenvalue weighted by molar-refractivity contribution is 9.09. The van der Waals surface area contributed by atoms with E-state index >= 15 is 0 Å². The van der Waals surface area contributed by atoms with E-state index in [4.69, 9.17) is 16.3 Å². The first kappa shape index (κ1) is 20.1. The fourth-order valence-electron chi connectivity index (χ4n) is 6.98. The number of nitrogens with one attached hydrogen (secondary N) is 1. The molecule has 2 aliphatic carbocycles. The van der Waals surface area contributed by atoms with Crippen molar-refractivity contribution in [3.63, 3.8) is 0 Å². The zero-order chi connectivity index (χ0) is 20.9. The summed E-state index contributed by atoms with van der Waals surface area (Å²) in [5.74, 6) is 1.46. The predicted octanol–water partition coefficient (Wildman–Crippen LogP) is 4.86. The van der Waals surface area contributed by atoms with Crippen molar-refractivity contribution in [3.8, 4) is 5.75 Å². The number of fused-ring (bicyclic) bond motifs is 3. The van der Waals surface area contributed by atoms with E-state index in [9.17, 15) is 9.90 Å². The number of amides is 1. The Bertz CT molecular complexity index is 918. The average Bonchev–Trinajstić information content (AvgIpc) is 3.01. The minimum Gasteiger partial charge on any atom is -0.486 e. The van der Waals surface area contributed by atoms with Crippen LogP contribution in [0.5, 0.6) is 5.75 Å². The Morgan fingerprint density at radius 2 is 2.00 bits per heavy atom. The highest BCUT2D eigenvalue weighted by Crippen LogP contribution is 2.67. The largest absolute Gasteiger partial charge is 0.486 e. The van der Waals surface area contributed by atoms with Crippen LogP contribution in [0.25, 0.3) is 0 Å². The summed E-state index contributed by atoms with van der Waals surface area (Å²) < 4.78 is 7.07. The molecule has 0 saturated heterocycles. The Balaban J connectivity index is 1.75. The number of aliphatic hydroxyl groups excluding tert-OH is 1. The standard InChI is InChI=1S/C23H29BrClNO3/c1-11-5-6-17-21(2,3)19(24)16(27)9-23(17)22(11,4)8-13-15(25)7-12-14(18(13)29-23)10-26-20(12)28/h7,11,16-17,19,27H,5-6,8-10H2,1-4H3,(H,26,28)/t11-,16+,17-,19-,22+,23-/m0/s1. The number of alkyl halides is 1. The number of carbonyl (C=O) groups is 1. The van der Waals surface area contributed by atoms with Gasteiger partial charge in [0.1, 0.15) is 11.4 Å². The normalized spacial score (nSPS) is 42.1. The lowest BCUT2D eigenvalue weighted by atomic mass is 9.44. The van der Waals surface area contributed by atoms with Crippen LogP contribution in [0, 0.1) is 22.7 Å². The number of halogens is 2. The molecule has 6 heteroatoms. The third-order valence-corrected chi connectivity index (χ3v) is 11.0. The number of carbonyl (C=O) groups excluding carboxylic acids is 1. The summed E-state index contributed by atoms with van der Waals surface area (Å²) in [6.07, 6.45) is 3.15. The van der Waals surface area contributed by atoms with Crippen LogP contribution in [0.15, 0.2) is 6.07 Å². The van der Waals surface area contributed by atoms with Gasteiger partial charge in [-0.15, -0.1) is 0 Å². The fraction of sp³-hybridized carbons (Fsp3) is 0.696. The molecule has 2 N–H and O–H groups in total. The molecular formula is C23H29BrClNO3. The molecule has 0 bridgehead atoms. The third kappa shape index (κ3) is 2.38. The second-order valence-electron chi connectivity index (χ2n) is 10.5. The topological polar surface area (TPSA) is 58.6 Å². The Morgan fingerprint density at radius 3 is 2.72 bits per heavy atom. The van der Waals surface area contributed by atoms with Gasteiger partial charge in [0.25, 0.3) is 5.91 Å². The van der Waals surface area contributed by atoms with Gasteiger partial charge in [0.05, 0.1) is 6.10 Å². The first-order valence-corrected chi connectivity index (χ1v) is 12.0. The van der Waals surface area contributed by atoms with Gasteiger partial charge >= 0.3 is 0 Å². The summed E-state index contributed by atoms with van der Waals surface area (Å²) in [6.45, 7) is 9.64. The summed E-state index contributed by atoms with van der Waals surface area (Å²) in [6, 6.07) is 1.81. The predicted molar refractivity (Wildman–Crippen MR) is 117 cm³/mol. The second kappa shape index (κ2) is 6.14. The van der Waals surface area contributed by atoms with Crippen molar-refractivity contribution in [2.75, 3.05) is 0 Å². The second-order valence-corrected chi connectivity index (χ2v) is 11.9. The number of ether oxygens (including phenoxy) is 1. The molecule has 29 heavy (non-hydrogen) atoms. The zero-order valence-corrected chi connectivity index (χ0v) is 19.8. The van der Waals surface area contributed by atoms with Gasteiger partial charge in [-0.1, -0.05) is 55.2 Å². The summed E-state index contributed by atoms with van der Waals surface area (Å²) in [4.78, 5) is 12.3. The highest BCUT2D eigenvalue weighted by atomic mass is 79.9. The first-order valence-electron chi connectivity index (χ1n) is 10.7. The average molecular weight is 483 g/mol. The molecule has 4 aliphatic rings. The van der Waals surface area contributed by atoms with E-state index in [1.54, 1.807) is 0 Å². The molecule has 1 aromatic carbocycles. The van der Waals surface area contributed by atoms with Crippen molar-refractivity contribution in [1.29, 1.82) is 0 Å². The lowest BCUT2D eigenvalue weighted by Gasteiger charge is -2.67. The number of hydrogen-bond acceptors (Lipinski definition) is 3. The van der Waals surface area contributed by atoms with Crippen LogP contribution in [0.1, 0.15) is 68.4 Å². The fourth-order valence-corrected chi connectivity index (χ4v) is 7.75. The van der Waals surface area contributed by atoms with Crippen LogP contribution in [-0.2, 0) is 13.0 Å². The molecule has 158 valence electrons. The number of rotatable bonds is 0. The molecule has 0 radical (unpaired) electrons. The van der Waals surface area contributed by atoms with E-state index < -0.39 is 11.7 Å². The molecule has 6 atom stereocenters. The monoisotopic (exact) mass is 481 g/mol. The van der Waals surface area contributed by atoms with E-state index in [1.165, 1.54) is 0 Å². The Morgan fingerprint density at radius 1 is 1.28 bits per heavy atom. The van der Waals surface area contributed by atoms with Crippen LogP contribution in [0.2, 0.25) is 5.02 Å². The first-order chi connectivity index (χ1) is 13.5. The molecule has 1 amide bonds. The lowest BCUT2D eigenvalue weighted by Crippen LogP contribution is -2.72. The van der Waals surface area contributed by atoms with Crippen molar-refractivity contribution in [1.82, 2.24) is 5.32 Å². The van der Waals surface area contributed by atoms with E-state index in [0.717, 1.165) is 36.1 Å². The van der Waals surface area contributed by atoms with Gasteiger partial charge in [-0.25, -0.2) is 0 Å². The van der Waals surface area contributed by atoms with E-state index in [0.29, 0.717) is 35.4 Å². The SMILES string of the molecule is C[C@H]1CC[C@H]2C(C)(C)[C@@H](Br)[C@H](O)C[C@]23Oc2c(c(Cl)cc4c2CNC4=O)C[C@]13C. The quantitative estimate of drug-likeness (QED) is 0.519. The Kier molecular flexibility index (Phi) is 4.26. The Hall–Kier alpha value is -0.780. The molecule has 2 saturated carbocycles. The van der Waals surface area contributed by atoms with Crippen LogP contribution >= 0.6 is 27.5 Å². The molecule has 0 unspecified atom stereocenters. The van der Waals surface area contributed by atoms with Gasteiger partial charge in [-0.2, -0.15) is 0 Å². The summed E-state index contributed by atoms with van der Waals surface area (Å²) in [7, 11) is 0. The smallest absolute Gasteiger partial charge is 0.252 e. The summed E-state index contributed by atoms with van der Waals surface area (Å²) >= 11 is 10.5. The van der Waals surface area contributed by atoms with Crippen LogP contribution in [-0.4, -0.2) is 27.5 Å². The van der Waals surface area contributed by atoms with Gasteiger partial charge < -0.3 is 15.2 Å². The molecule has 2 heterocycles. The molecule has 4 nitrogen and oxygen atoms in total. The van der Waals surface area contributed by atoms with E-state index in [1.807, 2.05) is 6.07 Å². The van der Waals surface area contributed by atoms with Gasteiger partial charge in [-0.05, 0) is 36.7 Å². The van der Waals surface area contributed by atoms with Crippen LogP contribution < -0.4 is 10.1 Å².